The Morgan fingerprint density at radius 1 is 1.04 bits per heavy atom. The summed E-state index contributed by atoms with van der Waals surface area (Å²) in [5.74, 6) is -2.27. The van der Waals surface area contributed by atoms with Gasteiger partial charge in [-0.25, -0.2) is 0 Å². The summed E-state index contributed by atoms with van der Waals surface area (Å²) >= 11 is 0. The summed E-state index contributed by atoms with van der Waals surface area (Å²) in [5, 5.41) is 12.1. The highest BCUT2D eigenvalue weighted by Crippen LogP contribution is 2.26. The Morgan fingerprint density at radius 3 is 2.04 bits per heavy atom. The average Bonchev–Trinajstić information content (AvgIpc) is 2.59. The van der Waals surface area contributed by atoms with Crippen LogP contribution < -0.4 is 5.32 Å². The van der Waals surface area contributed by atoms with Crippen molar-refractivity contribution < 1.29 is 28.0 Å². The van der Waals surface area contributed by atoms with Crippen LogP contribution in [0.5, 0.6) is 0 Å². The number of carboxylic acid groups (broad SMARTS) is 1. The monoisotopic (exact) mass is 373 g/mol. The Kier molecular flexibility index (Phi) is 9.95. The van der Waals surface area contributed by atoms with Gasteiger partial charge in [0.15, 0.2) is 0 Å². The molecule has 2 unspecified atom stereocenters. The summed E-state index contributed by atoms with van der Waals surface area (Å²) in [6, 6.07) is 0.621. The fourth-order valence-corrected chi connectivity index (χ4v) is 5.64. The van der Waals surface area contributed by atoms with Gasteiger partial charge in [-0.2, -0.15) is 0 Å². The van der Waals surface area contributed by atoms with E-state index in [9.17, 15) is 14.7 Å². The molecule has 0 saturated heterocycles. The average molecular weight is 374 g/mol. The van der Waals surface area contributed by atoms with Crippen LogP contribution in [0.1, 0.15) is 40.0 Å². The van der Waals surface area contributed by atoms with Gasteiger partial charge in [0.1, 0.15) is 0 Å². The van der Waals surface area contributed by atoms with Gasteiger partial charge in [0, 0.05) is 32.4 Å². The van der Waals surface area contributed by atoms with Crippen molar-refractivity contribution in [2.75, 3.05) is 26.4 Å². The van der Waals surface area contributed by atoms with Crippen LogP contribution in [0.3, 0.4) is 0 Å². The van der Waals surface area contributed by atoms with Gasteiger partial charge < -0.3 is 23.7 Å². The molecule has 0 heterocycles. The van der Waals surface area contributed by atoms with Crippen LogP contribution in [0.25, 0.3) is 0 Å². The first kappa shape index (κ1) is 21.8. The highest BCUT2D eigenvalue weighted by atomic mass is 28.4. The van der Waals surface area contributed by atoms with E-state index in [1.54, 1.807) is 0 Å². The lowest BCUT2D eigenvalue weighted by Gasteiger charge is -2.28. The summed E-state index contributed by atoms with van der Waals surface area (Å²) in [6.45, 7) is 7.74. The molecule has 2 atom stereocenters. The molecule has 1 aliphatic rings. The zero-order chi connectivity index (χ0) is 18.7. The molecule has 144 valence electrons. The third kappa shape index (κ3) is 6.89. The fourth-order valence-electron chi connectivity index (χ4n) is 3.03. The minimum Gasteiger partial charge on any atom is -0.481 e. The Hall–Kier alpha value is -1.22. The minimum atomic E-state index is -2.70. The molecule has 1 amide bonds. The molecule has 0 bridgehead atoms. The zero-order valence-corrected chi connectivity index (χ0v) is 16.5. The highest BCUT2D eigenvalue weighted by molar-refractivity contribution is 6.60. The maximum Gasteiger partial charge on any atom is 0.500 e. The second-order valence-electron chi connectivity index (χ2n) is 5.87. The number of allylic oxidation sites excluding steroid dienone is 2. The number of amides is 1. The quantitative estimate of drug-likeness (QED) is 0.309. The van der Waals surface area contributed by atoms with Gasteiger partial charge in [-0.15, -0.1) is 0 Å². The van der Waals surface area contributed by atoms with Gasteiger partial charge in [0.05, 0.1) is 11.8 Å². The Bertz CT molecular complexity index is 439. The number of hydrogen-bond acceptors (Lipinski definition) is 5. The van der Waals surface area contributed by atoms with Gasteiger partial charge in [-0.05, 0) is 40.0 Å². The van der Waals surface area contributed by atoms with Crippen molar-refractivity contribution in [1.82, 2.24) is 5.32 Å². The van der Waals surface area contributed by atoms with Crippen molar-refractivity contribution in [2.24, 2.45) is 11.8 Å². The second kappa shape index (κ2) is 11.4. The SMILES string of the molecule is CCO[Si](CCCNC(=O)C1CC=CCC1C(=O)O)(OCC)OCC. The predicted octanol–water partition coefficient (Wildman–Crippen LogP) is 2.21. The molecule has 1 aliphatic carbocycles. The van der Waals surface area contributed by atoms with Crippen LogP contribution in [-0.2, 0) is 22.9 Å². The van der Waals surface area contributed by atoms with Crippen LogP contribution in [0, 0.1) is 11.8 Å². The molecule has 0 aromatic carbocycles. The van der Waals surface area contributed by atoms with E-state index in [4.69, 9.17) is 13.3 Å². The minimum absolute atomic E-state index is 0.201. The first-order valence-electron chi connectivity index (χ1n) is 9.07. The highest BCUT2D eigenvalue weighted by Gasteiger charge is 2.40. The normalized spacial score (nSPS) is 20.4. The number of nitrogens with one attached hydrogen (secondary N) is 1. The van der Waals surface area contributed by atoms with Crippen LogP contribution in [0.4, 0.5) is 0 Å². The maximum absolute atomic E-state index is 12.3. The Balaban J connectivity index is 2.50. The second-order valence-corrected chi connectivity index (χ2v) is 8.60. The van der Waals surface area contributed by atoms with Crippen molar-refractivity contribution in [1.29, 1.82) is 0 Å². The van der Waals surface area contributed by atoms with Crippen molar-refractivity contribution >= 4 is 20.7 Å². The first-order valence-corrected chi connectivity index (χ1v) is 11.0. The van der Waals surface area contributed by atoms with Crippen molar-refractivity contribution in [3.8, 4) is 0 Å². The van der Waals surface area contributed by atoms with Crippen LogP contribution in [0.15, 0.2) is 12.2 Å². The number of carboxylic acids is 1. The van der Waals surface area contributed by atoms with E-state index < -0.39 is 26.6 Å². The number of carbonyl (C=O) groups is 2. The lowest BCUT2D eigenvalue weighted by molar-refractivity contribution is -0.147. The lowest BCUT2D eigenvalue weighted by Crippen LogP contribution is -2.46. The van der Waals surface area contributed by atoms with E-state index in [-0.39, 0.29) is 5.91 Å². The molecule has 2 N–H and O–H groups in total. The van der Waals surface area contributed by atoms with Crippen molar-refractivity contribution in [3.63, 3.8) is 0 Å². The molecule has 7 nitrogen and oxygen atoms in total. The molecule has 0 aliphatic heterocycles. The summed E-state index contributed by atoms with van der Waals surface area (Å²) in [5.41, 5.74) is 0. The van der Waals surface area contributed by atoms with Crippen LogP contribution in [0.2, 0.25) is 6.04 Å². The van der Waals surface area contributed by atoms with Crippen LogP contribution >= 0.6 is 0 Å². The number of carbonyl (C=O) groups excluding carboxylic acids is 1. The van der Waals surface area contributed by atoms with Gasteiger partial charge in [0.25, 0.3) is 0 Å². The Morgan fingerprint density at radius 2 is 1.56 bits per heavy atom. The van der Waals surface area contributed by atoms with E-state index in [1.807, 2.05) is 32.9 Å². The van der Waals surface area contributed by atoms with E-state index in [2.05, 4.69) is 5.32 Å². The van der Waals surface area contributed by atoms with Gasteiger partial charge >= 0.3 is 14.8 Å². The summed E-state index contributed by atoms with van der Waals surface area (Å²) in [6.07, 6.45) is 5.24. The molecule has 8 heteroatoms. The molecule has 0 aromatic rings. The smallest absolute Gasteiger partial charge is 0.481 e. The molecule has 0 fully saturated rings. The maximum atomic E-state index is 12.3. The molecule has 1 rings (SSSR count). The topological polar surface area (TPSA) is 94.1 Å². The predicted molar refractivity (Wildman–Crippen MR) is 96.1 cm³/mol. The number of hydrogen-bond donors (Lipinski definition) is 2. The molecular weight excluding hydrogens is 342 g/mol. The lowest BCUT2D eigenvalue weighted by atomic mass is 9.82. The van der Waals surface area contributed by atoms with E-state index >= 15 is 0 Å². The zero-order valence-electron chi connectivity index (χ0n) is 15.5. The molecule has 0 radical (unpaired) electrons. The molecule has 25 heavy (non-hydrogen) atoms. The number of rotatable bonds is 12. The summed E-state index contributed by atoms with van der Waals surface area (Å²) < 4.78 is 17.3. The molecular formula is C17H31NO6Si. The first-order chi connectivity index (χ1) is 12.0. The summed E-state index contributed by atoms with van der Waals surface area (Å²) in [7, 11) is -2.70. The van der Waals surface area contributed by atoms with Crippen LogP contribution in [-0.4, -0.2) is 52.2 Å². The third-order valence-electron chi connectivity index (χ3n) is 4.14. The molecule has 0 saturated carbocycles. The third-order valence-corrected chi connectivity index (χ3v) is 7.29. The fraction of sp³-hybridized carbons (Fsp3) is 0.765. The van der Waals surface area contributed by atoms with Crippen molar-refractivity contribution in [3.05, 3.63) is 12.2 Å². The van der Waals surface area contributed by atoms with Crippen molar-refractivity contribution in [2.45, 2.75) is 46.1 Å². The van der Waals surface area contributed by atoms with Gasteiger partial charge in [-0.1, -0.05) is 12.2 Å². The van der Waals surface area contributed by atoms with E-state index in [0.717, 1.165) is 0 Å². The standard InChI is InChI=1S/C17H31NO6Si/c1-4-22-25(23-5-2,24-6-3)13-9-12-18-16(19)14-10-7-8-11-15(14)17(20)21/h7-8,14-15H,4-6,9-13H2,1-3H3,(H,18,19)(H,20,21). The van der Waals surface area contributed by atoms with E-state index in [1.165, 1.54) is 0 Å². The molecule has 0 spiro atoms. The Labute approximate surface area is 151 Å². The van der Waals surface area contributed by atoms with E-state index in [0.29, 0.717) is 51.7 Å². The largest absolute Gasteiger partial charge is 0.500 e. The van der Waals surface area contributed by atoms with Gasteiger partial charge in [0.2, 0.25) is 5.91 Å². The number of aliphatic carboxylic acids is 1. The summed E-state index contributed by atoms with van der Waals surface area (Å²) in [4.78, 5) is 23.6. The van der Waals surface area contributed by atoms with Gasteiger partial charge in [-0.3, -0.25) is 9.59 Å². The molecule has 0 aromatic heterocycles.